The summed E-state index contributed by atoms with van der Waals surface area (Å²) >= 11 is 7.28. The number of rotatable bonds is 1. The Kier molecular flexibility index (Phi) is 2.25. The van der Waals surface area contributed by atoms with E-state index in [1.165, 1.54) is 17.4 Å². The van der Waals surface area contributed by atoms with E-state index in [9.17, 15) is 0 Å². The fourth-order valence-electron chi connectivity index (χ4n) is 1.09. The smallest absolute Gasteiger partial charge is 0.423 e. The number of fused-ring (bicyclic) bond motifs is 1. The molecule has 0 radical (unpaired) electrons. The van der Waals surface area contributed by atoms with E-state index in [0.717, 1.165) is 4.70 Å². The Labute approximate surface area is 83.8 Å². The Morgan fingerprint density at radius 2 is 2.15 bits per heavy atom. The molecule has 2 rings (SSSR count). The van der Waals surface area contributed by atoms with Crippen LogP contribution in [0.4, 0.5) is 0 Å². The zero-order valence-corrected chi connectivity index (χ0v) is 8.01. The molecule has 0 saturated carbocycles. The summed E-state index contributed by atoms with van der Waals surface area (Å²) < 4.78 is 0.857. The molecule has 0 unspecified atom stereocenters. The van der Waals surface area contributed by atoms with E-state index in [1.807, 2.05) is 0 Å². The van der Waals surface area contributed by atoms with Gasteiger partial charge < -0.3 is 10.0 Å². The van der Waals surface area contributed by atoms with Crippen LogP contribution in [-0.4, -0.2) is 22.2 Å². The highest BCUT2D eigenvalue weighted by molar-refractivity contribution is 7.16. The van der Waals surface area contributed by atoms with Gasteiger partial charge in [0.15, 0.2) is 0 Å². The molecule has 1 aromatic heterocycles. The highest BCUT2D eigenvalue weighted by atomic mass is 35.5. The van der Waals surface area contributed by atoms with E-state index in [2.05, 4.69) is 4.98 Å². The molecule has 1 aromatic carbocycles. The molecule has 0 saturated heterocycles. The maximum atomic E-state index is 8.93. The molecule has 0 atom stereocenters. The third-order valence-electron chi connectivity index (χ3n) is 1.71. The first-order chi connectivity index (χ1) is 6.18. The summed E-state index contributed by atoms with van der Waals surface area (Å²) in [6.45, 7) is 0. The van der Waals surface area contributed by atoms with Crippen LogP contribution in [-0.2, 0) is 0 Å². The first kappa shape index (κ1) is 8.96. The van der Waals surface area contributed by atoms with Gasteiger partial charge in [-0.05, 0) is 17.6 Å². The van der Waals surface area contributed by atoms with Crippen molar-refractivity contribution in [3.63, 3.8) is 0 Å². The van der Waals surface area contributed by atoms with Crippen LogP contribution in [0.2, 0.25) is 5.02 Å². The second kappa shape index (κ2) is 3.27. The maximum absolute atomic E-state index is 8.93. The quantitative estimate of drug-likeness (QED) is 0.683. The molecule has 0 fully saturated rings. The maximum Gasteiger partial charge on any atom is 0.488 e. The van der Waals surface area contributed by atoms with Crippen molar-refractivity contribution in [1.82, 2.24) is 4.98 Å². The summed E-state index contributed by atoms with van der Waals surface area (Å²) in [5.74, 6) is 0. The van der Waals surface area contributed by atoms with Gasteiger partial charge in [0.1, 0.15) is 0 Å². The number of nitrogens with zero attached hydrogens (tertiary/aromatic N) is 1. The topological polar surface area (TPSA) is 53.4 Å². The van der Waals surface area contributed by atoms with Crippen molar-refractivity contribution in [1.29, 1.82) is 0 Å². The molecule has 66 valence electrons. The van der Waals surface area contributed by atoms with Gasteiger partial charge in [-0.15, -0.1) is 11.3 Å². The second-order valence-corrected chi connectivity index (χ2v) is 3.87. The summed E-state index contributed by atoms with van der Waals surface area (Å²) in [6.07, 6.45) is 0. The largest absolute Gasteiger partial charge is 0.488 e. The van der Waals surface area contributed by atoms with Crippen LogP contribution >= 0.6 is 22.9 Å². The SMILES string of the molecule is OB(O)c1cc(Cl)c2ncsc2c1. The highest BCUT2D eigenvalue weighted by Gasteiger charge is 2.14. The van der Waals surface area contributed by atoms with Crippen LogP contribution in [0, 0.1) is 0 Å². The van der Waals surface area contributed by atoms with Crippen molar-refractivity contribution in [2.24, 2.45) is 0 Å². The molecule has 3 nitrogen and oxygen atoms in total. The molecule has 0 amide bonds. The molecule has 1 heterocycles. The molecular weight excluding hydrogens is 208 g/mol. The van der Waals surface area contributed by atoms with Crippen LogP contribution in [0.25, 0.3) is 10.2 Å². The average molecular weight is 213 g/mol. The predicted molar refractivity (Wildman–Crippen MR) is 54.5 cm³/mol. The van der Waals surface area contributed by atoms with Crippen molar-refractivity contribution >= 4 is 45.7 Å². The molecule has 2 N–H and O–H groups in total. The van der Waals surface area contributed by atoms with Crippen LogP contribution in [0.5, 0.6) is 0 Å². The lowest BCUT2D eigenvalue weighted by molar-refractivity contribution is 0.426. The summed E-state index contributed by atoms with van der Waals surface area (Å²) in [4.78, 5) is 4.04. The van der Waals surface area contributed by atoms with E-state index >= 15 is 0 Å². The number of thiazole rings is 1. The molecule has 0 bridgehead atoms. The van der Waals surface area contributed by atoms with Gasteiger partial charge in [0, 0.05) is 0 Å². The van der Waals surface area contributed by atoms with E-state index in [4.69, 9.17) is 21.6 Å². The van der Waals surface area contributed by atoms with Gasteiger partial charge in [-0.25, -0.2) is 4.98 Å². The van der Waals surface area contributed by atoms with Crippen LogP contribution < -0.4 is 5.46 Å². The van der Waals surface area contributed by atoms with Gasteiger partial charge in [-0.3, -0.25) is 0 Å². The number of benzene rings is 1. The lowest BCUT2D eigenvalue weighted by atomic mass is 9.80. The van der Waals surface area contributed by atoms with Gasteiger partial charge in [-0.1, -0.05) is 11.6 Å². The van der Waals surface area contributed by atoms with Crippen LogP contribution in [0.1, 0.15) is 0 Å². The standard InChI is InChI=1S/C7H5BClNO2S/c9-5-1-4(8(11)12)2-6-7(5)10-3-13-6/h1-3,11-12H. The molecule has 0 aliphatic rings. The molecular formula is C7H5BClNO2S. The van der Waals surface area contributed by atoms with Crippen molar-refractivity contribution in [3.05, 3.63) is 22.7 Å². The fourth-order valence-corrected chi connectivity index (χ4v) is 2.18. The number of hydrogen-bond acceptors (Lipinski definition) is 4. The van der Waals surface area contributed by atoms with Gasteiger partial charge in [0.05, 0.1) is 20.7 Å². The van der Waals surface area contributed by atoms with Crippen molar-refractivity contribution < 1.29 is 10.0 Å². The Morgan fingerprint density at radius 1 is 1.38 bits per heavy atom. The molecule has 13 heavy (non-hydrogen) atoms. The van der Waals surface area contributed by atoms with E-state index in [-0.39, 0.29) is 0 Å². The molecule has 6 heteroatoms. The Balaban J connectivity index is 2.70. The summed E-state index contributed by atoms with van der Waals surface area (Å²) in [6, 6.07) is 3.18. The Morgan fingerprint density at radius 3 is 2.85 bits per heavy atom. The van der Waals surface area contributed by atoms with E-state index in [1.54, 1.807) is 11.6 Å². The van der Waals surface area contributed by atoms with Crippen LogP contribution in [0.15, 0.2) is 17.6 Å². The number of halogens is 1. The molecule has 0 spiro atoms. The van der Waals surface area contributed by atoms with Crippen molar-refractivity contribution in [2.45, 2.75) is 0 Å². The molecule has 2 aromatic rings. The minimum atomic E-state index is -1.48. The number of aromatic nitrogens is 1. The summed E-state index contributed by atoms with van der Waals surface area (Å²) in [5.41, 5.74) is 2.77. The lowest BCUT2D eigenvalue weighted by Crippen LogP contribution is -2.29. The van der Waals surface area contributed by atoms with Gasteiger partial charge in [0.2, 0.25) is 0 Å². The van der Waals surface area contributed by atoms with Gasteiger partial charge >= 0.3 is 7.12 Å². The van der Waals surface area contributed by atoms with E-state index in [0.29, 0.717) is 16.0 Å². The lowest BCUT2D eigenvalue weighted by Gasteiger charge is -1.99. The predicted octanol–water partition coefficient (Wildman–Crippen LogP) is 0.629. The number of hydrogen-bond donors (Lipinski definition) is 2. The van der Waals surface area contributed by atoms with Crippen molar-refractivity contribution in [3.8, 4) is 0 Å². The Bertz CT molecular complexity index is 445. The molecule has 0 aliphatic heterocycles. The first-order valence-corrected chi connectivity index (χ1v) is 4.83. The highest BCUT2D eigenvalue weighted by Crippen LogP contribution is 2.23. The Hall–Kier alpha value is -0.615. The second-order valence-electron chi connectivity index (χ2n) is 2.58. The summed E-state index contributed by atoms with van der Waals surface area (Å²) in [5, 5.41) is 18.3. The first-order valence-electron chi connectivity index (χ1n) is 3.57. The minimum absolute atomic E-state index is 0.391. The fraction of sp³-hybridized carbons (Fsp3) is 0. The van der Waals surface area contributed by atoms with Crippen molar-refractivity contribution in [2.75, 3.05) is 0 Å². The average Bonchev–Trinajstić information content (AvgIpc) is 2.51. The minimum Gasteiger partial charge on any atom is -0.423 e. The van der Waals surface area contributed by atoms with Crippen LogP contribution in [0.3, 0.4) is 0 Å². The monoisotopic (exact) mass is 213 g/mol. The third-order valence-corrected chi connectivity index (χ3v) is 2.77. The summed E-state index contributed by atoms with van der Waals surface area (Å²) in [7, 11) is -1.48. The van der Waals surface area contributed by atoms with Gasteiger partial charge in [-0.2, -0.15) is 0 Å². The molecule has 0 aliphatic carbocycles. The van der Waals surface area contributed by atoms with Gasteiger partial charge in [0.25, 0.3) is 0 Å². The normalized spacial score (nSPS) is 10.7. The zero-order chi connectivity index (χ0) is 9.42. The van der Waals surface area contributed by atoms with E-state index < -0.39 is 7.12 Å². The zero-order valence-electron chi connectivity index (χ0n) is 6.44. The third kappa shape index (κ3) is 1.56.